The Morgan fingerprint density at radius 3 is 2.40 bits per heavy atom. The zero-order valence-corrected chi connectivity index (χ0v) is 14.8. The lowest BCUT2D eigenvalue weighted by Crippen LogP contribution is -2.31. The molecule has 0 saturated heterocycles. The van der Waals surface area contributed by atoms with Gasteiger partial charge in [0, 0.05) is 23.2 Å². The lowest BCUT2D eigenvalue weighted by Gasteiger charge is -2.11. The minimum absolute atomic E-state index is 0.00713. The van der Waals surface area contributed by atoms with E-state index in [-0.39, 0.29) is 16.5 Å². The fourth-order valence-corrected chi connectivity index (χ4v) is 3.21. The van der Waals surface area contributed by atoms with E-state index in [2.05, 4.69) is 5.32 Å². The second-order valence-electron chi connectivity index (χ2n) is 5.22. The standard InChI is InChI=1S/C16H14ClFN2O4S/c1-9-3-4-11(7-14(9)19-10(2)21)16(22)20-25(23,24)15-6-5-12(17)8-13(15)18/h3-8H,1-2H3,(H,19,21)(H,20,22). The van der Waals surface area contributed by atoms with Crippen molar-refractivity contribution in [1.82, 2.24) is 4.72 Å². The molecule has 2 aromatic rings. The van der Waals surface area contributed by atoms with E-state index in [1.165, 1.54) is 25.1 Å². The molecule has 0 spiro atoms. The van der Waals surface area contributed by atoms with Gasteiger partial charge in [0.05, 0.1) is 0 Å². The van der Waals surface area contributed by atoms with Crippen molar-refractivity contribution in [3.8, 4) is 0 Å². The van der Waals surface area contributed by atoms with Crippen LogP contribution in [0.2, 0.25) is 5.02 Å². The molecule has 0 aliphatic heterocycles. The molecule has 2 N–H and O–H groups in total. The summed E-state index contributed by atoms with van der Waals surface area (Å²) in [5.41, 5.74) is 1.06. The molecule has 0 aliphatic carbocycles. The summed E-state index contributed by atoms with van der Waals surface area (Å²) in [6.45, 7) is 3.02. The maximum Gasteiger partial charge on any atom is 0.267 e. The molecule has 0 saturated carbocycles. The van der Waals surface area contributed by atoms with Gasteiger partial charge < -0.3 is 5.32 Å². The molecule has 2 amide bonds. The Kier molecular flexibility index (Phi) is 5.44. The zero-order chi connectivity index (χ0) is 18.8. The summed E-state index contributed by atoms with van der Waals surface area (Å²) in [6.07, 6.45) is 0. The quantitative estimate of drug-likeness (QED) is 0.847. The van der Waals surface area contributed by atoms with Gasteiger partial charge in [-0.3, -0.25) is 9.59 Å². The number of hydrogen-bond acceptors (Lipinski definition) is 4. The number of carbonyl (C=O) groups is 2. The highest BCUT2D eigenvalue weighted by atomic mass is 35.5. The number of aryl methyl sites for hydroxylation is 1. The Morgan fingerprint density at radius 2 is 1.80 bits per heavy atom. The van der Waals surface area contributed by atoms with Crippen LogP contribution in [0, 0.1) is 12.7 Å². The number of sulfonamides is 1. The average Bonchev–Trinajstić information content (AvgIpc) is 2.48. The van der Waals surface area contributed by atoms with Crippen molar-refractivity contribution in [3.05, 3.63) is 58.4 Å². The summed E-state index contributed by atoms with van der Waals surface area (Å²) in [7, 11) is -4.42. The molecular weight excluding hydrogens is 371 g/mol. The molecule has 2 aromatic carbocycles. The van der Waals surface area contributed by atoms with Gasteiger partial charge in [-0.15, -0.1) is 0 Å². The molecule has 9 heteroatoms. The maximum atomic E-state index is 13.8. The SMILES string of the molecule is CC(=O)Nc1cc(C(=O)NS(=O)(=O)c2ccc(Cl)cc2F)ccc1C. The van der Waals surface area contributed by atoms with Gasteiger partial charge in [0.2, 0.25) is 5.91 Å². The molecule has 0 radical (unpaired) electrons. The number of amides is 2. The Bertz CT molecular complexity index is 961. The normalized spacial score (nSPS) is 11.0. The molecule has 0 aliphatic rings. The predicted octanol–water partition coefficient (Wildman–Crippen LogP) is 2.86. The third-order valence-corrected chi connectivity index (χ3v) is 4.82. The maximum absolute atomic E-state index is 13.8. The second kappa shape index (κ2) is 7.20. The number of carbonyl (C=O) groups excluding carboxylic acids is 2. The van der Waals surface area contributed by atoms with Crippen molar-refractivity contribution >= 4 is 39.1 Å². The van der Waals surface area contributed by atoms with Crippen molar-refractivity contribution < 1.29 is 22.4 Å². The fraction of sp³-hybridized carbons (Fsp3) is 0.125. The number of nitrogens with one attached hydrogen (secondary N) is 2. The van der Waals surface area contributed by atoms with E-state index in [4.69, 9.17) is 11.6 Å². The van der Waals surface area contributed by atoms with Crippen molar-refractivity contribution in [2.75, 3.05) is 5.32 Å². The molecule has 2 rings (SSSR count). The molecule has 0 atom stereocenters. The van der Waals surface area contributed by atoms with E-state index in [0.29, 0.717) is 11.3 Å². The largest absolute Gasteiger partial charge is 0.326 e. The van der Waals surface area contributed by atoms with Crippen LogP contribution in [-0.2, 0) is 14.8 Å². The molecule has 0 heterocycles. The van der Waals surface area contributed by atoms with Gasteiger partial charge in [-0.25, -0.2) is 17.5 Å². The van der Waals surface area contributed by atoms with E-state index >= 15 is 0 Å². The Labute approximate surface area is 149 Å². The third kappa shape index (κ3) is 4.55. The average molecular weight is 385 g/mol. The molecule has 0 unspecified atom stereocenters. The highest BCUT2D eigenvalue weighted by Gasteiger charge is 2.23. The van der Waals surface area contributed by atoms with Crippen LogP contribution in [-0.4, -0.2) is 20.2 Å². The minimum atomic E-state index is -4.42. The van der Waals surface area contributed by atoms with E-state index in [0.717, 1.165) is 12.1 Å². The fourth-order valence-electron chi connectivity index (χ4n) is 2.02. The lowest BCUT2D eigenvalue weighted by atomic mass is 10.1. The first-order valence-electron chi connectivity index (χ1n) is 7.00. The topological polar surface area (TPSA) is 92.3 Å². The molecule has 132 valence electrons. The Hall–Kier alpha value is -2.45. The van der Waals surface area contributed by atoms with Gasteiger partial charge in [-0.1, -0.05) is 17.7 Å². The van der Waals surface area contributed by atoms with E-state index in [9.17, 15) is 22.4 Å². The zero-order valence-electron chi connectivity index (χ0n) is 13.3. The number of hydrogen-bond donors (Lipinski definition) is 2. The van der Waals surface area contributed by atoms with Gasteiger partial charge in [0.1, 0.15) is 10.7 Å². The summed E-state index contributed by atoms with van der Waals surface area (Å²) in [4.78, 5) is 22.7. The van der Waals surface area contributed by atoms with E-state index in [1.807, 2.05) is 0 Å². The molecule has 0 fully saturated rings. The van der Waals surface area contributed by atoms with Crippen LogP contribution < -0.4 is 10.0 Å². The summed E-state index contributed by atoms with van der Waals surface area (Å²) in [6, 6.07) is 7.27. The first-order chi connectivity index (χ1) is 11.6. The van der Waals surface area contributed by atoms with Gasteiger partial charge >= 0.3 is 0 Å². The van der Waals surface area contributed by atoms with Crippen molar-refractivity contribution in [2.45, 2.75) is 18.7 Å². The predicted molar refractivity (Wildman–Crippen MR) is 91.5 cm³/mol. The highest BCUT2D eigenvalue weighted by molar-refractivity contribution is 7.90. The van der Waals surface area contributed by atoms with Crippen LogP contribution in [0.5, 0.6) is 0 Å². The Morgan fingerprint density at radius 1 is 1.12 bits per heavy atom. The van der Waals surface area contributed by atoms with Crippen LogP contribution in [0.4, 0.5) is 10.1 Å². The molecule has 25 heavy (non-hydrogen) atoms. The second-order valence-corrected chi connectivity index (χ2v) is 7.31. The van der Waals surface area contributed by atoms with Gasteiger partial charge in [-0.05, 0) is 42.8 Å². The summed E-state index contributed by atoms with van der Waals surface area (Å²) in [5.74, 6) is -2.37. The first kappa shape index (κ1) is 18.9. The smallest absolute Gasteiger partial charge is 0.267 e. The van der Waals surface area contributed by atoms with Crippen molar-refractivity contribution in [1.29, 1.82) is 0 Å². The van der Waals surface area contributed by atoms with Crippen LogP contribution in [0.3, 0.4) is 0 Å². The number of halogens is 2. The lowest BCUT2D eigenvalue weighted by molar-refractivity contribution is -0.114. The summed E-state index contributed by atoms with van der Waals surface area (Å²) >= 11 is 5.59. The molecule has 6 nitrogen and oxygen atoms in total. The van der Waals surface area contributed by atoms with Crippen LogP contribution >= 0.6 is 11.6 Å². The molecular formula is C16H14ClFN2O4S. The van der Waals surface area contributed by atoms with E-state index < -0.39 is 26.6 Å². The van der Waals surface area contributed by atoms with Crippen molar-refractivity contribution in [3.63, 3.8) is 0 Å². The van der Waals surface area contributed by atoms with E-state index in [1.54, 1.807) is 17.7 Å². The van der Waals surface area contributed by atoms with Crippen LogP contribution in [0.1, 0.15) is 22.8 Å². The number of anilines is 1. The molecule has 0 aromatic heterocycles. The van der Waals surface area contributed by atoms with Crippen LogP contribution in [0.15, 0.2) is 41.3 Å². The summed E-state index contributed by atoms with van der Waals surface area (Å²) in [5, 5.41) is 2.56. The first-order valence-corrected chi connectivity index (χ1v) is 8.86. The van der Waals surface area contributed by atoms with Crippen LogP contribution in [0.25, 0.3) is 0 Å². The number of benzene rings is 2. The summed E-state index contributed by atoms with van der Waals surface area (Å²) < 4.78 is 40.0. The van der Waals surface area contributed by atoms with Gasteiger partial charge in [-0.2, -0.15) is 0 Å². The third-order valence-electron chi connectivity index (χ3n) is 3.22. The number of rotatable bonds is 4. The molecule has 0 bridgehead atoms. The monoisotopic (exact) mass is 384 g/mol. The highest BCUT2D eigenvalue weighted by Crippen LogP contribution is 2.20. The van der Waals surface area contributed by atoms with Crippen molar-refractivity contribution in [2.24, 2.45) is 0 Å². The van der Waals surface area contributed by atoms with Gasteiger partial charge in [0.15, 0.2) is 0 Å². The van der Waals surface area contributed by atoms with Gasteiger partial charge in [0.25, 0.3) is 15.9 Å². The minimum Gasteiger partial charge on any atom is -0.326 e. The Balaban J connectivity index is 2.31.